The van der Waals surface area contributed by atoms with Crippen LogP contribution in [0.1, 0.15) is 10.4 Å². The molecule has 0 fully saturated rings. The van der Waals surface area contributed by atoms with Crippen molar-refractivity contribution in [3.05, 3.63) is 48.4 Å². The molecule has 0 bridgehead atoms. The Morgan fingerprint density at radius 2 is 2.19 bits per heavy atom. The molecule has 1 amide bonds. The Morgan fingerprint density at radius 3 is 2.88 bits per heavy atom. The van der Waals surface area contributed by atoms with E-state index in [2.05, 4.69) is 15.3 Å². The van der Waals surface area contributed by atoms with Crippen LogP contribution in [0.3, 0.4) is 0 Å². The maximum atomic E-state index is 11.7. The van der Waals surface area contributed by atoms with Crippen molar-refractivity contribution in [1.82, 2.24) is 9.97 Å². The highest BCUT2D eigenvalue weighted by atomic mass is 16.1. The van der Waals surface area contributed by atoms with Crippen LogP contribution in [0.2, 0.25) is 0 Å². The lowest BCUT2D eigenvalue weighted by Crippen LogP contribution is -2.13. The Balaban J connectivity index is 2.14. The number of hydrogen-bond acceptors (Lipinski definition) is 4. The zero-order valence-corrected chi connectivity index (χ0v) is 8.42. The molecule has 3 N–H and O–H groups in total. The fraction of sp³-hybridized carbons (Fsp3) is 0. The molecule has 2 rings (SSSR count). The van der Waals surface area contributed by atoms with Crippen LogP contribution in [0.15, 0.2) is 42.9 Å². The highest BCUT2D eigenvalue weighted by molar-refractivity contribution is 6.03. The first-order chi connectivity index (χ1) is 7.75. The average molecular weight is 214 g/mol. The van der Waals surface area contributed by atoms with Crippen LogP contribution < -0.4 is 11.1 Å². The number of hydrogen-bond donors (Lipinski definition) is 2. The summed E-state index contributed by atoms with van der Waals surface area (Å²) in [5, 5.41) is 2.63. The number of nitrogens with zero attached hydrogens (tertiary/aromatic N) is 2. The first-order valence-electron chi connectivity index (χ1n) is 4.68. The van der Waals surface area contributed by atoms with Crippen molar-refractivity contribution in [3.63, 3.8) is 0 Å². The van der Waals surface area contributed by atoms with Crippen LogP contribution >= 0.6 is 0 Å². The lowest BCUT2D eigenvalue weighted by Gasteiger charge is -2.04. The van der Waals surface area contributed by atoms with E-state index in [1.807, 2.05) is 0 Å². The number of nitrogens with two attached hydrogens (primary N) is 1. The Hall–Kier alpha value is -2.43. The van der Waals surface area contributed by atoms with Crippen molar-refractivity contribution < 1.29 is 4.79 Å². The summed E-state index contributed by atoms with van der Waals surface area (Å²) < 4.78 is 0. The second-order valence-electron chi connectivity index (χ2n) is 3.17. The molecule has 0 aliphatic rings. The van der Waals surface area contributed by atoms with Crippen LogP contribution in [0.4, 0.5) is 11.5 Å². The number of pyridine rings is 2. The number of carbonyl (C=O) groups is 1. The molecule has 2 heterocycles. The smallest absolute Gasteiger partial charge is 0.258 e. The Kier molecular flexibility index (Phi) is 2.77. The quantitative estimate of drug-likeness (QED) is 0.789. The highest BCUT2D eigenvalue weighted by Crippen LogP contribution is 2.09. The van der Waals surface area contributed by atoms with Gasteiger partial charge in [-0.05, 0) is 18.2 Å². The molecule has 0 aliphatic carbocycles. The first kappa shape index (κ1) is 10.1. The number of nitrogens with one attached hydrogen (secondary N) is 1. The normalized spacial score (nSPS) is 9.75. The van der Waals surface area contributed by atoms with Crippen LogP contribution in [0.25, 0.3) is 0 Å². The fourth-order valence-electron chi connectivity index (χ4n) is 1.20. The summed E-state index contributed by atoms with van der Waals surface area (Å²) in [6.07, 6.45) is 4.63. The minimum atomic E-state index is -0.258. The van der Waals surface area contributed by atoms with E-state index >= 15 is 0 Å². The van der Waals surface area contributed by atoms with Gasteiger partial charge in [-0.2, -0.15) is 0 Å². The van der Waals surface area contributed by atoms with E-state index in [0.29, 0.717) is 17.1 Å². The number of aromatic nitrogens is 2. The molecule has 5 heteroatoms. The Morgan fingerprint density at radius 1 is 1.31 bits per heavy atom. The average Bonchev–Trinajstić information content (AvgIpc) is 2.30. The van der Waals surface area contributed by atoms with Gasteiger partial charge in [-0.15, -0.1) is 0 Å². The van der Waals surface area contributed by atoms with Crippen molar-refractivity contribution >= 4 is 17.4 Å². The summed E-state index contributed by atoms with van der Waals surface area (Å²) >= 11 is 0. The number of anilines is 2. The molecular weight excluding hydrogens is 204 g/mol. The SMILES string of the molecule is Nc1ccnc(NC(=O)c2cccnc2)c1. The zero-order chi connectivity index (χ0) is 11.4. The van der Waals surface area contributed by atoms with E-state index in [1.54, 1.807) is 30.5 Å². The van der Waals surface area contributed by atoms with E-state index in [4.69, 9.17) is 5.73 Å². The summed E-state index contributed by atoms with van der Waals surface area (Å²) in [6.45, 7) is 0. The Bertz CT molecular complexity index is 498. The van der Waals surface area contributed by atoms with Crippen molar-refractivity contribution in [1.29, 1.82) is 0 Å². The molecule has 2 aromatic heterocycles. The monoisotopic (exact) mass is 214 g/mol. The molecular formula is C11H10N4O. The molecule has 16 heavy (non-hydrogen) atoms. The molecule has 2 aromatic rings. The van der Waals surface area contributed by atoms with Gasteiger partial charge in [0.25, 0.3) is 5.91 Å². The van der Waals surface area contributed by atoms with E-state index in [1.165, 1.54) is 12.4 Å². The summed E-state index contributed by atoms with van der Waals surface area (Å²) in [7, 11) is 0. The van der Waals surface area contributed by atoms with Gasteiger partial charge in [-0.25, -0.2) is 4.98 Å². The standard InChI is InChI=1S/C11H10N4O/c12-9-3-5-14-10(6-9)15-11(16)8-2-1-4-13-7-8/h1-7H,(H3,12,14,15,16). The zero-order valence-electron chi connectivity index (χ0n) is 8.42. The van der Waals surface area contributed by atoms with Crippen LogP contribution in [-0.4, -0.2) is 15.9 Å². The molecule has 0 aromatic carbocycles. The van der Waals surface area contributed by atoms with Crippen LogP contribution in [-0.2, 0) is 0 Å². The summed E-state index contributed by atoms with van der Waals surface area (Å²) in [5.41, 5.74) is 6.60. The van der Waals surface area contributed by atoms with E-state index in [9.17, 15) is 4.79 Å². The third-order valence-electron chi connectivity index (χ3n) is 1.95. The molecule has 0 saturated carbocycles. The minimum Gasteiger partial charge on any atom is -0.399 e. The lowest BCUT2D eigenvalue weighted by atomic mass is 10.2. The van der Waals surface area contributed by atoms with Gasteiger partial charge in [-0.3, -0.25) is 9.78 Å². The molecule has 80 valence electrons. The van der Waals surface area contributed by atoms with Gasteiger partial charge in [0.15, 0.2) is 0 Å². The maximum Gasteiger partial charge on any atom is 0.258 e. The van der Waals surface area contributed by atoms with E-state index in [0.717, 1.165) is 0 Å². The predicted molar refractivity (Wildman–Crippen MR) is 60.8 cm³/mol. The number of amides is 1. The van der Waals surface area contributed by atoms with Gasteiger partial charge in [0, 0.05) is 30.3 Å². The second-order valence-corrected chi connectivity index (χ2v) is 3.17. The van der Waals surface area contributed by atoms with Gasteiger partial charge < -0.3 is 11.1 Å². The highest BCUT2D eigenvalue weighted by Gasteiger charge is 2.05. The van der Waals surface area contributed by atoms with Crippen LogP contribution in [0.5, 0.6) is 0 Å². The van der Waals surface area contributed by atoms with Gasteiger partial charge in [0.2, 0.25) is 0 Å². The maximum absolute atomic E-state index is 11.7. The molecule has 0 aliphatic heterocycles. The first-order valence-corrected chi connectivity index (χ1v) is 4.68. The molecule has 0 radical (unpaired) electrons. The van der Waals surface area contributed by atoms with Crippen molar-refractivity contribution in [3.8, 4) is 0 Å². The van der Waals surface area contributed by atoms with Crippen LogP contribution in [0, 0.1) is 0 Å². The van der Waals surface area contributed by atoms with Gasteiger partial charge in [-0.1, -0.05) is 0 Å². The molecule has 0 spiro atoms. The molecule has 5 nitrogen and oxygen atoms in total. The third-order valence-corrected chi connectivity index (χ3v) is 1.95. The third kappa shape index (κ3) is 2.33. The summed E-state index contributed by atoms with van der Waals surface area (Å²) in [5.74, 6) is 0.167. The number of carbonyl (C=O) groups excluding carboxylic acids is 1. The summed E-state index contributed by atoms with van der Waals surface area (Å²) in [4.78, 5) is 19.5. The molecule has 0 atom stereocenters. The largest absolute Gasteiger partial charge is 0.399 e. The van der Waals surface area contributed by atoms with Crippen molar-refractivity contribution in [2.24, 2.45) is 0 Å². The van der Waals surface area contributed by atoms with Gasteiger partial charge in [0.1, 0.15) is 5.82 Å². The van der Waals surface area contributed by atoms with E-state index < -0.39 is 0 Å². The predicted octanol–water partition coefficient (Wildman–Crippen LogP) is 1.31. The van der Waals surface area contributed by atoms with Crippen molar-refractivity contribution in [2.45, 2.75) is 0 Å². The summed E-state index contributed by atoms with van der Waals surface area (Å²) in [6, 6.07) is 6.62. The number of nitrogen functional groups attached to an aromatic ring is 1. The molecule has 0 unspecified atom stereocenters. The second kappa shape index (κ2) is 4.39. The Labute approximate surface area is 92.3 Å². The fourth-order valence-corrected chi connectivity index (χ4v) is 1.20. The lowest BCUT2D eigenvalue weighted by molar-refractivity contribution is 0.102. The minimum absolute atomic E-state index is 0.258. The van der Waals surface area contributed by atoms with E-state index in [-0.39, 0.29) is 5.91 Å². The number of rotatable bonds is 2. The van der Waals surface area contributed by atoms with Gasteiger partial charge >= 0.3 is 0 Å². The topological polar surface area (TPSA) is 80.9 Å². The van der Waals surface area contributed by atoms with Crippen molar-refractivity contribution in [2.75, 3.05) is 11.1 Å². The van der Waals surface area contributed by atoms with Gasteiger partial charge in [0.05, 0.1) is 5.56 Å². The molecule has 0 saturated heterocycles.